The number of allylic oxidation sites excluding steroid dienone is 1. The zero-order valence-corrected chi connectivity index (χ0v) is 24.2. The van der Waals surface area contributed by atoms with Crippen molar-refractivity contribution in [3.63, 3.8) is 0 Å². The highest BCUT2D eigenvalue weighted by molar-refractivity contribution is 7.07. The summed E-state index contributed by atoms with van der Waals surface area (Å²) in [6, 6.07) is 14.1. The van der Waals surface area contributed by atoms with Crippen molar-refractivity contribution in [3.8, 4) is 0 Å². The summed E-state index contributed by atoms with van der Waals surface area (Å²) >= 11 is 1.28. The first-order valence-corrected chi connectivity index (χ1v) is 13.7. The van der Waals surface area contributed by atoms with Gasteiger partial charge in [-0.05, 0) is 53.2 Å². The van der Waals surface area contributed by atoms with Crippen LogP contribution >= 0.6 is 11.3 Å². The van der Waals surface area contributed by atoms with Gasteiger partial charge in [0.1, 0.15) is 0 Å². The molecule has 0 saturated heterocycles. The molecular weight excluding hydrogens is 512 g/mol. The lowest BCUT2D eigenvalue weighted by Gasteiger charge is -2.25. The molecule has 1 unspecified atom stereocenters. The molecule has 0 aliphatic carbocycles. The topological polar surface area (TPSA) is 87.0 Å². The van der Waals surface area contributed by atoms with Crippen molar-refractivity contribution in [1.29, 1.82) is 0 Å². The Balaban J connectivity index is 1.85. The van der Waals surface area contributed by atoms with Gasteiger partial charge in [0.05, 0.1) is 41.1 Å². The van der Waals surface area contributed by atoms with Gasteiger partial charge in [-0.15, -0.1) is 0 Å². The summed E-state index contributed by atoms with van der Waals surface area (Å²) in [6.45, 7) is 12.4. The summed E-state index contributed by atoms with van der Waals surface area (Å²) in [5.74, 6) is -0.830. The number of rotatable bonds is 6. The lowest BCUT2D eigenvalue weighted by molar-refractivity contribution is -0.140. The number of methoxy groups -OCH3 is 1. The molecule has 4 rings (SSSR count). The third-order valence-electron chi connectivity index (χ3n) is 6.51. The second-order valence-corrected chi connectivity index (χ2v) is 12.1. The van der Waals surface area contributed by atoms with Gasteiger partial charge < -0.3 is 9.47 Å². The van der Waals surface area contributed by atoms with Crippen molar-refractivity contribution < 1.29 is 19.1 Å². The Bertz CT molecular complexity index is 1600. The van der Waals surface area contributed by atoms with E-state index in [9.17, 15) is 14.4 Å². The highest BCUT2D eigenvalue weighted by atomic mass is 32.1. The molecule has 3 aromatic rings. The zero-order chi connectivity index (χ0) is 28.5. The van der Waals surface area contributed by atoms with Gasteiger partial charge in [-0.2, -0.15) is 0 Å². The summed E-state index contributed by atoms with van der Waals surface area (Å²) in [7, 11) is 1.32. The Morgan fingerprint density at radius 2 is 1.69 bits per heavy atom. The third-order valence-corrected chi connectivity index (χ3v) is 7.49. The predicted octanol–water partition coefficient (Wildman–Crippen LogP) is 4.52. The molecule has 7 nitrogen and oxygen atoms in total. The van der Waals surface area contributed by atoms with Gasteiger partial charge in [-0.25, -0.2) is 14.6 Å². The molecule has 1 atom stereocenters. The Kier molecular flexibility index (Phi) is 8.07. The number of ether oxygens (including phenoxy) is 2. The second kappa shape index (κ2) is 11.1. The lowest BCUT2D eigenvalue weighted by Crippen LogP contribution is -2.40. The summed E-state index contributed by atoms with van der Waals surface area (Å²) in [5.41, 5.74) is 3.72. The minimum atomic E-state index is -0.752. The van der Waals surface area contributed by atoms with E-state index in [-0.39, 0.29) is 23.5 Å². The Morgan fingerprint density at radius 1 is 1.05 bits per heavy atom. The van der Waals surface area contributed by atoms with Crippen molar-refractivity contribution in [2.45, 2.75) is 53.0 Å². The minimum Gasteiger partial charge on any atom is -0.465 e. The van der Waals surface area contributed by atoms with Gasteiger partial charge in [0.2, 0.25) is 0 Å². The number of nitrogens with zero attached hydrogens (tertiary/aromatic N) is 2. The van der Waals surface area contributed by atoms with Crippen LogP contribution in [0, 0.1) is 5.92 Å². The largest absolute Gasteiger partial charge is 0.465 e. The van der Waals surface area contributed by atoms with Crippen LogP contribution in [-0.4, -0.2) is 30.2 Å². The molecule has 39 heavy (non-hydrogen) atoms. The van der Waals surface area contributed by atoms with E-state index in [2.05, 4.69) is 37.9 Å². The van der Waals surface area contributed by atoms with Gasteiger partial charge in [-0.3, -0.25) is 9.36 Å². The van der Waals surface area contributed by atoms with E-state index in [1.54, 1.807) is 35.8 Å². The van der Waals surface area contributed by atoms with Crippen molar-refractivity contribution in [1.82, 2.24) is 4.57 Å². The van der Waals surface area contributed by atoms with E-state index in [0.717, 1.165) is 5.56 Å². The normalized spacial score (nSPS) is 15.7. The Morgan fingerprint density at radius 3 is 2.26 bits per heavy atom. The smallest absolute Gasteiger partial charge is 0.338 e. The molecule has 0 N–H and O–H groups in total. The second-order valence-electron chi connectivity index (χ2n) is 11.1. The maximum absolute atomic E-state index is 13.8. The Hall–Kier alpha value is -3.78. The van der Waals surface area contributed by atoms with E-state index in [1.807, 2.05) is 32.1 Å². The van der Waals surface area contributed by atoms with E-state index < -0.39 is 18.0 Å². The average molecular weight is 547 g/mol. The first-order valence-electron chi connectivity index (χ1n) is 12.9. The van der Waals surface area contributed by atoms with Gasteiger partial charge in [-0.1, -0.05) is 82.4 Å². The fourth-order valence-corrected chi connectivity index (χ4v) is 5.41. The highest BCUT2D eigenvalue weighted by Gasteiger charge is 2.33. The summed E-state index contributed by atoms with van der Waals surface area (Å²) in [5, 5.41) is 0. The fraction of sp³-hybridized carbons (Fsp3) is 0.355. The number of thiazole rings is 1. The summed E-state index contributed by atoms with van der Waals surface area (Å²) in [6.07, 6.45) is 1.85. The molecule has 204 valence electrons. The van der Waals surface area contributed by atoms with Crippen molar-refractivity contribution in [2.75, 3.05) is 13.7 Å². The first-order chi connectivity index (χ1) is 18.4. The van der Waals surface area contributed by atoms with E-state index in [0.29, 0.717) is 31.7 Å². The van der Waals surface area contributed by atoms with Crippen LogP contribution in [0.2, 0.25) is 0 Å². The van der Waals surface area contributed by atoms with Crippen molar-refractivity contribution >= 4 is 29.4 Å². The van der Waals surface area contributed by atoms with Crippen molar-refractivity contribution in [2.24, 2.45) is 10.9 Å². The average Bonchev–Trinajstić information content (AvgIpc) is 3.19. The van der Waals surface area contributed by atoms with E-state index in [4.69, 9.17) is 9.47 Å². The van der Waals surface area contributed by atoms with Gasteiger partial charge in [0.15, 0.2) is 4.80 Å². The number of carbonyl (C=O) groups is 2. The molecule has 0 fully saturated rings. The van der Waals surface area contributed by atoms with Crippen LogP contribution in [0.5, 0.6) is 0 Å². The maximum atomic E-state index is 13.8. The molecular formula is C31H34N2O5S. The lowest BCUT2D eigenvalue weighted by atomic mass is 9.87. The molecule has 0 radical (unpaired) electrons. The molecule has 1 aliphatic rings. The number of hydrogen-bond donors (Lipinski definition) is 0. The van der Waals surface area contributed by atoms with Gasteiger partial charge in [0, 0.05) is 0 Å². The quantitative estimate of drug-likeness (QED) is 0.425. The molecule has 2 aromatic carbocycles. The molecule has 8 heteroatoms. The first kappa shape index (κ1) is 28.2. The Labute approximate surface area is 232 Å². The van der Waals surface area contributed by atoms with Crippen LogP contribution in [-0.2, 0) is 19.7 Å². The monoisotopic (exact) mass is 546 g/mol. The SMILES string of the molecule is COC(=O)c1ccc(C2C(C(=O)OCC(C)C)=C(C)N=c3sc(=Cc4ccc(C(C)(C)C)cc4)c(=O)n32)cc1. The molecule has 0 saturated carbocycles. The molecule has 0 amide bonds. The van der Waals surface area contributed by atoms with Crippen LogP contribution in [0.4, 0.5) is 0 Å². The maximum Gasteiger partial charge on any atom is 0.338 e. The highest BCUT2D eigenvalue weighted by Crippen LogP contribution is 2.31. The van der Waals surface area contributed by atoms with E-state index in [1.165, 1.54) is 24.0 Å². The predicted molar refractivity (Wildman–Crippen MR) is 152 cm³/mol. The number of hydrogen-bond acceptors (Lipinski definition) is 7. The number of aromatic nitrogens is 1. The standard InChI is InChI=1S/C31H34N2O5S/c1-18(2)17-38-29(36)25-19(3)32-30-33(26(25)21-10-12-22(13-11-21)28(35)37-7)27(34)24(39-30)16-20-8-14-23(15-9-20)31(4,5)6/h8-16,18,26H,17H2,1-7H3. The summed E-state index contributed by atoms with van der Waals surface area (Å²) < 4.78 is 12.5. The van der Waals surface area contributed by atoms with Gasteiger partial charge in [0.25, 0.3) is 5.56 Å². The number of carbonyl (C=O) groups excluding carboxylic acids is 2. The molecule has 0 bridgehead atoms. The molecule has 0 spiro atoms. The number of benzene rings is 2. The van der Waals surface area contributed by atoms with Crippen LogP contribution in [0.3, 0.4) is 0 Å². The van der Waals surface area contributed by atoms with Crippen LogP contribution < -0.4 is 14.9 Å². The molecule has 1 aromatic heterocycles. The third kappa shape index (κ3) is 5.96. The zero-order valence-electron chi connectivity index (χ0n) is 23.4. The van der Waals surface area contributed by atoms with Crippen LogP contribution in [0.25, 0.3) is 6.08 Å². The number of fused-ring (bicyclic) bond motifs is 1. The molecule has 1 aliphatic heterocycles. The van der Waals surface area contributed by atoms with Crippen LogP contribution in [0.15, 0.2) is 69.6 Å². The fourth-order valence-electron chi connectivity index (χ4n) is 4.37. The van der Waals surface area contributed by atoms with Crippen molar-refractivity contribution in [3.05, 3.63) is 102 Å². The molecule has 2 heterocycles. The van der Waals surface area contributed by atoms with Gasteiger partial charge >= 0.3 is 11.9 Å². The summed E-state index contributed by atoms with van der Waals surface area (Å²) in [4.78, 5) is 44.3. The van der Waals surface area contributed by atoms with Crippen LogP contribution in [0.1, 0.15) is 74.6 Å². The minimum absolute atomic E-state index is 0.0272. The van der Waals surface area contributed by atoms with E-state index >= 15 is 0 Å². The number of esters is 2.